The van der Waals surface area contributed by atoms with Gasteiger partial charge in [-0.3, -0.25) is 0 Å². The zero-order valence-electron chi connectivity index (χ0n) is 19.4. The monoisotopic (exact) mass is 443 g/mol. The highest BCUT2D eigenvalue weighted by Crippen LogP contribution is 2.39. The Labute approximate surface area is 191 Å². The largest absolute Gasteiger partial charge is 0.385 e. The van der Waals surface area contributed by atoms with Crippen LogP contribution in [0.5, 0.6) is 0 Å². The summed E-state index contributed by atoms with van der Waals surface area (Å²) in [5.74, 6) is 1.10. The van der Waals surface area contributed by atoms with Gasteiger partial charge in [-0.05, 0) is 61.9 Å². The fourth-order valence-electron chi connectivity index (χ4n) is 5.04. The number of hydrogen-bond acceptors (Lipinski definition) is 6. The highest BCUT2D eigenvalue weighted by molar-refractivity contribution is 5.74. The molecule has 1 aliphatic heterocycles. The van der Waals surface area contributed by atoms with Crippen LogP contribution in [0.1, 0.15) is 24.8 Å². The van der Waals surface area contributed by atoms with Gasteiger partial charge < -0.3 is 29.9 Å². The van der Waals surface area contributed by atoms with Crippen molar-refractivity contribution < 1.29 is 14.3 Å². The minimum atomic E-state index is 0.00214. The van der Waals surface area contributed by atoms with Crippen molar-refractivity contribution in [2.75, 3.05) is 72.0 Å². The number of hydrogen-bond donors (Lipinski definition) is 2. The normalized spacial score (nSPS) is 22.3. The van der Waals surface area contributed by atoms with E-state index < -0.39 is 0 Å². The van der Waals surface area contributed by atoms with E-state index in [0.29, 0.717) is 49.8 Å². The van der Waals surface area contributed by atoms with Crippen LogP contribution in [-0.4, -0.2) is 88.6 Å². The Morgan fingerprint density at radius 1 is 1.16 bits per heavy atom. The van der Waals surface area contributed by atoms with Crippen molar-refractivity contribution >= 4 is 11.7 Å². The van der Waals surface area contributed by atoms with Gasteiger partial charge in [-0.25, -0.2) is 4.79 Å². The quantitative estimate of drug-likeness (QED) is 0.482. The number of carbonyl (C=O) groups excluding carboxylic acids is 1. The molecule has 1 aromatic rings. The molecule has 2 atom stereocenters. The summed E-state index contributed by atoms with van der Waals surface area (Å²) in [6.45, 7) is 6.26. The number of rotatable bonds is 12. The van der Waals surface area contributed by atoms with Crippen molar-refractivity contribution in [2.45, 2.75) is 25.3 Å². The second-order valence-electron chi connectivity index (χ2n) is 8.77. The topological polar surface area (TPSA) is 89.9 Å². The molecule has 1 aliphatic carbocycles. The molecular formula is C24H37N5O3. The standard InChI is InChI=1S/C24H37N5O3/c1-28(24(30)27-11-13-32-15-14-31-2)23-20-6-7-21(23)18-29(17-20)12-3-10-26-22-8-4-19(16-25)5-9-22/h4-5,8-9,20-21,23,26H,3,6-7,10-15,17-18H2,1-2H3,(H,27,30). The van der Waals surface area contributed by atoms with E-state index in [1.807, 2.05) is 36.2 Å². The van der Waals surface area contributed by atoms with E-state index in [-0.39, 0.29) is 6.03 Å². The lowest BCUT2D eigenvalue weighted by molar-refractivity contribution is 0.0665. The Bertz CT molecular complexity index is 737. The number of nitrogens with zero attached hydrogens (tertiary/aromatic N) is 3. The number of amides is 2. The summed E-state index contributed by atoms with van der Waals surface area (Å²) in [7, 11) is 3.59. The molecular weight excluding hydrogens is 406 g/mol. The highest BCUT2D eigenvalue weighted by atomic mass is 16.5. The SMILES string of the molecule is COCCOCCNC(=O)N(C)C1C2CCC1CN(CCCNc1ccc(C#N)cc1)C2. The first kappa shape index (κ1) is 24.3. The number of methoxy groups -OCH3 is 1. The maximum atomic E-state index is 12.6. The molecule has 1 saturated heterocycles. The van der Waals surface area contributed by atoms with E-state index in [4.69, 9.17) is 14.7 Å². The molecule has 1 heterocycles. The fraction of sp³-hybridized carbons (Fsp3) is 0.667. The smallest absolute Gasteiger partial charge is 0.317 e. The maximum Gasteiger partial charge on any atom is 0.317 e. The predicted octanol–water partition coefficient (Wildman–Crippen LogP) is 2.38. The van der Waals surface area contributed by atoms with Crippen molar-refractivity contribution in [1.29, 1.82) is 5.26 Å². The van der Waals surface area contributed by atoms with Crippen LogP contribution in [0.25, 0.3) is 0 Å². The molecule has 2 aliphatic rings. The number of urea groups is 1. The van der Waals surface area contributed by atoms with Crippen LogP contribution in [0.15, 0.2) is 24.3 Å². The Morgan fingerprint density at radius 2 is 1.88 bits per heavy atom. The van der Waals surface area contributed by atoms with Crippen molar-refractivity contribution in [2.24, 2.45) is 11.8 Å². The third kappa shape index (κ3) is 6.83. The van der Waals surface area contributed by atoms with Gasteiger partial charge in [-0.15, -0.1) is 0 Å². The number of benzene rings is 1. The summed E-state index contributed by atoms with van der Waals surface area (Å²) in [5.41, 5.74) is 1.74. The Morgan fingerprint density at radius 3 is 2.53 bits per heavy atom. The van der Waals surface area contributed by atoms with E-state index in [2.05, 4.69) is 21.6 Å². The van der Waals surface area contributed by atoms with Crippen LogP contribution < -0.4 is 10.6 Å². The molecule has 3 rings (SSSR count). The summed E-state index contributed by atoms with van der Waals surface area (Å²) >= 11 is 0. The van der Waals surface area contributed by atoms with Crippen molar-refractivity contribution in [1.82, 2.24) is 15.1 Å². The lowest BCUT2D eigenvalue weighted by atomic mass is 9.91. The molecule has 1 aromatic carbocycles. The van der Waals surface area contributed by atoms with E-state index >= 15 is 0 Å². The number of likely N-dealkylation sites (tertiary alicyclic amines) is 1. The second-order valence-corrected chi connectivity index (χ2v) is 8.77. The summed E-state index contributed by atoms with van der Waals surface area (Å²) in [6.07, 6.45) is 3.48. The predicted molar refractivity (Wildman–Crippen MR) is 125 cm³/mol. The molecule has 0 radical (unpaired) electrons. The number of ether oxygens (including phenoxy) is 2. The van der Waals surface area contributed by atoms with Gasteiger partial charge in [-0.2, -0.15) is 5.26 Å². The molecule has 2 amide bonds. The van der Waals surface area contributed by atoms with Crippen LogP contribution in [0, 0.1) is 23.2 Å². The molecule has 8 nitrogen and oxygen atoms in total. The number of nitrogens with one attached hydrogen (secondary N) is 2. The van der Waals surface area contributed by atoms with Crippen LogP contribution in [0.4, 0.5) is 10.5 Å². The molecule has 0 spiro atoms. The maximum absolute atomic E-state index is 12.6. The minimum absolute atomic E-state index is 0.00214. The van der Waals surface area contributed by atoms with E-state index in [1.54, 1.807) is 7.11 Å². The zero-order valence-corrected chi connectivity index (χ0v) is 19.4. The molecule has 2 unspecified atom stereocenters. The van der Waals surface area contributed by atoms with Crippen molar-refractivity contribution in [3.8, 4) is 6.07 Å². The average Bonchev–Trinajstić information content (AvgIpc) is 3.08. The van der Waals surface area contributed by atoms with Gasteiger partial charge in [0.1, 0.15) is 0 Å². The zero-order chi connectivity index (χ0) is 22.8. The Hall–Kier alpha value is -2.34. The molecule has 1 saturated carbocycles. The lowest BCUT2D eigenvalue weighted by Crippen LogP contribution is -2.55. The van der Waals surface area contributed by atoms with E-state index in [9.17, 15) is 4.79 Å². The van der Waals surface area contributed by atoms with Crippen molar-refractivity contribution in [3.05, 3.63) is 29.8 Å². The summed E-state index contributed by atoms with van der Waals surface area (Å²) in [6, 6.07) is 10.1. The molecule has 176 valence electrons. The lowest BCUT2D eigenvalue weighted by Gasteiger charge is -2.42. The second kappa shape index (κ2) is 12.6. The third-order valence-electron chi connectivity index (χ3n) is 6.58. The van der Waals surface area contributed by atoms with Gasteiger partial charge in [0.15, 0.2) is 0 Å². The average molecular weight is 444 g/mol. The van der Waals surface area contributed by atoms with Gasteiger partial charge in [-0.1, -0.05) is 0 Å². The van der Waals surface area contributed by atoms with Crippen LogP contribution in [-0.2, 0) is 9.47 Å². The highest BCUT2D eigenvalue weighted by Gasteiger charge is 2.44. The van der Waals surface area contributed by atoms with Crippen LogP contribution >= 0.6 is 0 Å². The van der Waals surface area contributed by atoms with Gasteiger partial charge in [0.05, 0.1) is 31.5 Å². The number of piperidine rings is 1. The minimum Gasteiger partial charge on any atom is -0.385 e. The van der Waals surface area contributed by atoms with Crippen LogP contribution in [0.3, 0.4) is 0 Å². The first-order valence-electron chi connectivity index (χ1n) is 11.7. The number of carbonyl (C=O) groups is 1. The Balaban J connectivity index is 1.35. The van der Waals surface area contributed by atoms with Gasteiger partial charge in [0.25, 0.3) is 0 Å². The number of nitriles is 1. The first-order chi connectivity index (χ1) is 15.6. The van der Waals surface area contributed by atoms with Crippen molar-refractivity contribution in [3.63, 3.8) is 0 Å². The van der Waals surface area contributed by atoms with Gasteiger partial charge in [0, 0.05) is 52.1 Å². The molecule has 2 fully saturated rings. The third-order valence-corrected chi connectivity index (χ3v) is 6.58. The van der Waals surface area contributed by atoms with Crippen LogP contribution in [0.2, 0.25) is 0 Å². The molecule has 2 N–H and O–H groups in total. The summed E-state index contributed by atoms with van der Waals surface area (Å²) < 4.78 is 10.4. The van der Waals surface area contributed by atoms with E-state index in [0.717, 1.165) is 38.3 Å². The molecule has 8 heteroatoms. The van der Waals surface area contributed by atoms with E-state index in [1.165, 1.54) is 12.8 Å². The summed E-state index contributed by atoms with van der Waals surface area (Å²) in [4.78, 5) is 17.1. The first-order valence-corrected chi connectivity index (χ1v) is 11.7. The fourth-order valence-corrected chi connectivity index (χ4v) is 5.04. The van der Waals surface area contributed by atoms with Gasteiger partial charge >= 0.3 is 6.03 Å². The summed E-state index contributed by atoms with van der Waals surface area (Å²) in [5, 5.41) is 15.3. The van der Waals surface area contributed by atoms with Gasteiger partial charge in [0.2, 0.25) is 0 Å². The molecule has 2 bridgehead atoms. The number of fused-ring (bicyclic) bond motifs is 2. The molecule has 0 aromatic heterocycles. The number of anilines is 1. The Kier molecular flexibility index (Phi) is 9.60. The molecule has 32 heavy (non-hydrogen) atoms.